The van der Waals surface area contributed by atoms with E-state index in [-0.39, 0.29) is 30.5 Å². The highest BCUT2D eigenvalue weighted by Gasteiger charge is 2.27. The van der Waals surface area contributed by atoms with Crippen molar-refractivity contribution in [1.82, 2.24) is 0 Å². The van der Waals surface area contributed by atoms with Gasteiger partial charge in [-0.1, -0.05) is 19.1 Å². The van der Waals surface area contributed by atoms with E-state index < -0.39 is 5.97 Å². The van der Waals surface area contributed by atoms with Gasteiger partial charge in [-0.2, -0.15) is 0 Å². The van der Waals surface area contributed by atoms with Gasteiger partial charge in [0.1, 0.15) is 5.75 Å². The van der Waals surface area contributed by atoms with E-state index in [2.05, 4.69) is 0 Å². The van der Waals surface area contributed by atoms with E-state index in [0.29, 0.717) is 17.1 Å². The van der Waals surface area contributed by atoms with Crippen LogP contribution in [0.25, 0.3) is 6.08 Å². The standard InChI is InChI=1S/C26H32N2O5/c1-17(20-13-21(27)15-22(28)14-20)16-32-25(29)12-5-18-3-8-24(9-4-18)33-26(30)19-6-10-23(31-2)11-7-19/h3-5,8-9,12-15,17,19,23H,6-7,10-11,16,27-28H2,1-2H3. The van der Waals surface area contributed by atoms with Crippen LogP contribution in [0.5, 0.6) is 5.75 Å². The molecular formula is C26H32N2O5. The Morgan fingerprint density at radius 2 is 1.67 bits per heavy atom. The van der Waals surface area contributed by atoms with Gasteiger partial charge in [0.05, 0.1) is 18.6 Å². The molecule has 2 aromatic rings. The minimum atomic E-state index is -0.444. The lowest BCUT2D eigenvalue weighted by Gasteiger charge is -2.26. The Balaban J connectivity index is 1.45. The van der Waals surface area contributed by atoms with Gasteiger partial charge in [-0.15, -0.1) is 0 Å². The lowest BCUT2D eigenvalue weighted by molar-refractivity contribution is -0.141. The van der Waals surface area contributed by atoms with Gasteiger partial charge in [-0.05, 0) is 73.2 Å². The molecule has 7 nitrogen and oxygen atoms in total. The summed E-state index contributed by atoms with van der Waals surface area (Å²) >= 11 is 0. The van der Waals surface area contributed by atoms with Crippen LogP contribution in [0.1, 0.15) is 49.7 Å². The largest absolute Gasteiger partial charge is 0.462 e. The quantitative estimate of drug-likeness (QED) is 0.265. The molecule has 0 amide bonds. The molecule has 1 aliphatic rings. The van der Waals surface area contributed by atoms with Gasteiger partial charge in [0.15, 0.2) is 0 Å². The summed E-state index contributed by atoms with van der Waals surface area (Å²) in [6.07, 6.45) is 6.59. The Labute approximate surface area is 194 Å². The van der Waals surface area contributed by atoms with Crippen LogP contribution < -0.4 is 16.2 Å². The molecule has 1 saturated carbocycles. The molecule has 0 aromatic heterocycles. The summed E-state index contributed by atoms with van der Waals surface area (Å²) in [6, 6.07) is 12.3. The molecular weight excluding hydrogens is 420 g/mol. The second-order valence-electron chi connectivity index (χ2n) is 8.50. The Kier molecular flexibility index (Phi) is 8.49. The first kappa shape index (κ1) is 24.3. The average Bonchev–Trinajstić information content (AvgIpc) is 2.81. The first-order chi connectivity index (χ1) is 15.8. The zero-order valence-electron chi connectivity index (χ0n) is 19.2. The Hall–Kier alpha value is -3.32. The number of nitrogens with two attached hydrogens (primary N) is 2. The molecule has 0 spiro atoms. The fraction of sp³-hybridized carbons (Fsp3) is 0.385. The maximum absolute atomic E-state index is 12.4. The number of hydrogen-bond donors (Lipinski definition) is 2. The third-order valence-corrected chi connectivity index (χ3v) is 5.90. The molecule has 176 valence electrons. The van der Waals surface area contributed by atoms with E-state index in [1.165, 1.54) is 6.08 Å². The smallest absolute Gasteiger partial charge is 0.330 e. The van der Waals surface area contributed by atoms with Gasteiger partial charge < -0.3 is 25.7 Å². The molecule has 1 atom stereocenters. The number of methoxy groups -OCH3 is 1. The fourth-order valence-electron chi connectivity index (χ4n) is 3.88. The number of nitrogen functional groups attached to an aromatic ring is 2. The molecule has 33 heavy (non-hydrogen) atoms. The zero-order valence-corrected chi connectivity index (χ0v) is 19.2. The molecule has 0 bridgehead atoms. The highest BCUT2D eigenvalue weighted by molar-refractivity contribution is 5.87. The van der Waals surface area contributed by atoms with Crippen molar-refractivity contribution in [3.05, 3.63) is 59.7 Å². The van der Waals surface area contributed by atoms with Crippen LogP contribution in [0.4, 0.5) is 11.4 Å². The van der Waals surface area contributed by atoms with Crippen LogP contribution in [-0.4, -0.2) is 31.8 Å². The maximum atomic E-state index is 12.4. The van der Waals surface area contributed by atoms with E-state index in [1.54, 1.807) is 43.5 Å². The number of ether oxygens (including phenoxy) is 3. The molecule has 0 saturated heterocycles. The third-order valence-electron chi connectivity index (χ3n) is 5.90. The number of esters is 2. The van der Waals surface area contributed by atoms with E-state index in [4.69, 9.17) is 25.7 Å². The van der Waals surface area contributed by atoms with Gasteiger partial charge in [0.2, 0.25) is 0 Å². The van der Waals surface area contributed by atoms with Gasteiger partial charge in [0.25, 0.3) is 0 Å². The highest BCUT2D eigenvalue weighted by Crippen LogP contribution is 2.27. The van der Waals surface area contributed by atoms with Crippen molar-refractivity contribution in [2.24, 2.45) is 5.92 Å². The van der Waals surface area contributed by atoms with Crippen LogP contribution in [0.15, 0.2) is 48.5 Å². The number of benzene rings is 2. The summed E-state index contributed by atoms with van der Waals surface area (Å²) in [5.41, 5.74) is 14.5. The van der Waals surface area contributed by atoms with Crippen LogP contribution in [0.3, 0.4) is 0 Å². The van der Waals surface area contributed by atoms with E-state index >= 15 is 0 Å². The second kappa shape index (κ2) is 11.5. The van der Waals surface area contributed by atoms with Crippen LogP contribution in [0, 0.1) is 5.92 Å². The second-order valence-corrected chi connectivity index (χ2v) is 8.50. The summed E-state index contributed by atoms with van der Waals surface area (Å²) < 4.78 is 16.2. The molecule has 1 aliphatic carbocycles. The van der Waals surface area contributed by atoms with Crippen LogP contribution >= 0.6 is 0 Å². The van der Waals surface area contributed by atoms with Crippen molar-refractivity contribution in [2.75, 3.05) is 25.2 Å². The normalized spacial score (nSPS) is 19.2. The Bertz CT molecular complexity index is 958. The van der Waals surface area contributed by atoms with Crippen molar-refractivity contribution in [2.45, 2.75) is 44.6 Å². The van der Waals surface area contributed by atoms with Crippen molar-refractivity contribution >= 4 is 29.4 Å². The van der Waals surface area contributed by atoms with Gasteiger partial charge in [-0.3, -0.25) is 4.79 Å². The summed E-state index contributed by atoms with van der Waals surface area (Å²) in [4.78, 5) is 24.5. The van der Waals surface area contributed by atoms with Gasteiger partial charge >= 0.3 is 11.9 Å². The molecule has 0 heterocycles. The minimum absolute atomic E-state index is 0.0355. The number of carbonyl (C=O) groups excluding carboxylic acids is 2. The molecule has 2 aromatic carbocycles. The predicted octanol–water partition coefficient (Wildman–Crippen LogP) is 4.32. The summed E-state index contributed by atoms with van der Waals surface area (Å²) in [7, 11) is 1.71. The molecule has 3 rings (SSSR count). The summed E-state index contributed by atoms with van der Waals surface area (Å²) in [6.45, 7) is 2.15. The van der Waals surface area contributed by atoms with E-state index in [9.17, 15) is 9.59 Å². The van der Waals surface area contributed by atoms with Crippen LogP contribution in [-0.2, 0) is 19.1 Å². The van der Waals surface area contributed by atoms with Crippen molar-refractivity contribution < 1.29 is 23.8 Å². The molecule has 4 N–H and O–H groups in total. The topological polar surface area (TPSA) is 114 Å². The first-order valence-electron chi connectivity index (χ1n) is 11.2. The van der Waals surface area contributed by atoms with Crippen molar-refractivity contribution in [3.8, 4) is 5.75 Å². The van der Waals surface area contributed by atoms with Crippen molar-refractivity contribution in [1.29, 1.82) is 0 Å². The SMILES string of the molecule is COC1CCC(C(=O)Oc2ccc(C=CC(=O)OCC(C)c3cc(N)cc(N)c3)cc2)CC1. The Morgan fingerprint density at radius 3 is 2.27 bits per heavy atom. The zero-order chi connectivity index (χ0) is 23.8. The van der Waals surface area contributed by atoms with Gasteiger partial charge in [0, 0.05) is 30.5 Å². The van der Waals surface area contributed by atoms with Crippen LogP contribution in [0.2, 0.25) is 0 Å². The third kappa shape index (κ3) is 7.36. The predicted molar refractivity (Wildman–Crippen MR) is 129 cm³/mol. The average molecular weight is 453 g/mol. The molecule has 7 heteroatoms. The minimum Gasteiger partial charge on any atom is -0.462 e. The molecule has 0 aliphatic heterocycles. The maximum Gasteiger partial charge on any atom is 0.330 e. The number of carbonyl (C=O) groups is 2. The lowest BCUT2D eigenvalue weighted by atomic mass is 9.87. The lowest BCUT2D eigenvalue weighted by Crippen LogP contribution is -2.28. The summed E-state index contributed by atoms with van der Waals surface area (Å²) in [5, 5.41) is 0. The highest BCUT2D eigenvalue weighted by atomic mass is 16.5. The Morgan fingerprint density at radius 1 is 1.03 bits per heavy atom. The van der Waals surface area contributed by atoms with Gasteiger partial charge in [-0.25, -0.2) is 4.79 Å². The van der Waals surface area contributed by atoms with E-state index in [0.717, 1.165) is 36.8 Å². The number of rotatable bonds is 8. The monoisotopic (exact) mass is 452 g/mol. The first-order valence-corrected chi connectivity index (χ1v) is 11.2. The number of hydrogen-bond acceptors (Lipinski definition) is 7. The summed E-state index contributed by atoms with van der Waals surface area (Å²) in [5.74, 6) is -0.277. The molecule has 1 unspecified atom stereocenters. The molecule has 1 fully saturated rings. The van der Waals surface area contributed by atoms with E-state index in [1.807, 2.05) is 19.1 Å². The number of anilines is 2. The fourth-order valence-corrected chi connectivity index (χ4v) is 3.88. The molecule has 0 radical (unpaired) electrons. The van der Waals surface area contributed by atoms with Crippen molar-refractivity contribution in [3.63, 3.8) is 0 Å².